The predicted octanol–water partition coefficient (Wildman–Crippen LogP) is 5.49. The molecular weight excluding hydrogens is 413 g/mol. The molecule has 0 N–H and O–H groups in total. The first kappa shape index (κ1) is 23.3. The standard InChI is InChI=1S/C26H33F3N2O/c1-19-6-5-7-22(16-19)20-8-10-21(11-9-20)25-23-17-30(15-12-26(27,28)29)13-3-4-14-31(23)24(25)18-32-2/h5-11,16,23-25H,3-4,12-15,17-18H2,1-2H3/t23-,24+,25-/m0/s1. The predicted molar refractivity (Wildman–Crippen MR) is 122 cm³/mol. The van der Waals surface area contributed by atoms with Crippen LogP contribution in [-0.2, 0) is 4.74 Å². The van der Waals surface area contributed by atoms with E-state index in [1.807, 2.05) is 4.90 Å². The molecule has 0 saturated carbocycles. The number of methoxy groups -OCH3 is 1. The fourth-order valence-corrected chi connectivity index (χ4v) is 5.37. The van der Waals surface area contributed by atoms with Gasteiger partial charge < -0.3 is 9.64 Å². The van der Waals surface area contributed by atoms with Crippen molar-refractivity contribution >= 4 is 0 Å². The molecule has 0 bridgehead atoms. The van der Waals surface area contributed by atoms with Crippen molar-refractivity contribution in [1.82, 2.24) is 9.80 Å². The lowest BCUT2D eigenvalue weighted by molar-refractivity contribution is -0.140. The zero-order valence-electron chi connectivity index (χ0n) is 18.9. The normalized spacial score (nSPS) is 25.0. The van der Waals surface area contributed by atoms with Crippen LogP contribution in [0.1, 0.15) is 36.3 Å². The smallest absolute Gasteiger partial charge is 0.383 e. The van der Waals surface area contributed by atoms with Crippen LogP contribution in [0.5, 0.6) is 0 Å². The Morgan fingerprint density at radius 3 is 2.44 bits per heavy atom. The molecule has 0 amide bonds. The van der Waals surface area contributed by atoms with Gasteiger partial charge >= 0.3 is 6.18 Å². The second-order valence-corrected chi connectivity index (χ2v) is 9.22. The highest BCUT2D eigenvalue weighted by Gasteiger charge is 2.49. The monoisotopic (exact) mass is 446 g/mol. The van der Waals surface area contributed by atoms with Crippen molar-refractivity contribution in [3.63, 3.8) is 0 Å². The van der Waals surface area contributed by atoms with E-state index in [1.165, 1.54) is 22.3 Å². The Hall–Kier alpha value is -1.89. The number of rotatable bonds is 6. The Morgan fingerprint density at radius 1 is 1.00 bits per heavy atom. The zero-order valence-corrected chi connectivity index (χ0v) is 18.9. The molecule has 6 heteroatoms. The molecule has 2 aliphatic rings. The van der Waals surface area contributed by atoms with E-state index in [2.05, 4.69) is 60.4 Å². The summed E-state index contributed by atoms with van der Waals surface area (Å²) in [6, 6.07) is 17.7. The highest BCUT2D eigenvalue weighted by atomic mass is 19.4. The minimum absolute atomic E-state index is 0.0851. The molecule has 2 aromatic carbocycles. The van der Waals surface area contributed by atoms with E-state index < -0.39 is 12.6 Å². The van der Waals surface area contributed by atoms with Gasteiger partial charge in [-0.05, 0) is 49.5 Å². The fourth-order valence-electron chi connectivity index (χ4n) is 5.37. The van der Waals surface area contributed by atoms with Gasteiger partial charge in [0.2, 0.25) is 0 Å². The number of benzene rings is 2. The number of hydrogen-bond donors (Lipinski definition) is 0. The average molecular weight is 447 g/mol. The second kappa shape index (κ2) is 9.94. The van der Waals surface area contributed by atoms with Crippen molar-refractivity contribution in [3.8, 4) is 11.1 Å². The summed E-state index contributed by atoms with van der Waals surface area (Å²) in [6.07, 6.45) is -2.89. The Balaban J connectivity index is 1.53. The molecular formula is C26H33F3N2O. The summed E-state index contributed by atoms with van der Waals surface area (Å²) < 4.78 is 44.0. The number of halogens is 3. The summed E-state index contributed by atoms with van der Waals surface area (Å²) >= 11 is 0. The van der Waals surface area contributed by atoms with Crippen LogP contribution in [0.2, 0.25) is 0 Å². The lowest BCUT2D eigenvalue weighted by Crippen LogP contribution is -2.67. The van der Waals surface area contributed by atoms with Crippen LogP contribution in [0.3, 0.4) is 0 Å². The highest BCUT2D eigenvalue weighted by molar-refractivity contribution is 5.64. The molecule has 174 valence electrons. The number of aryl methyl sites for hydroxylation is 1. The van der Waals surface area contributed by atoms with Crippen LogP contribution in [0, 0.1) is 6.92 Å². The number of hydrogen-bond acceptors (Lipinski definition) is 3. The molecule has 2 fully saturated rings. The van der Waals surface area contributed by atoms with Crippen molar-refractivity contribution in [3.05, 3.63) is 59.7 Å². The SMILES string of the molecule is COC[C@@H]1[C@@H](c2ccc(-c3cccc(C)c3)cc2)[C@@H]2CN(CCC(F)(F)F)CCCCN12. The van der Waals surface area contributed by atoms with Crippen LogP contribution in [0.4, 0.5) is 13.2 Å². The third-order valence-corrected chi connectivity index (χ3v) is 6.96. The third kappa shape index (κ3) is 5.36. The number of alkyl halides is 3. The van der Waals surface area contributed by atoms with Crippen molar-refractivity contribution in [2.75, 3.05) is 39.9 Å². The average Bonchev–Trinajstić information content (AvgIpc) is 2.74. The van der Waals surface area contributed by atoms with E-state index in [0.717, 1.165) is 25.9 Å². The largest absolute Gasteiger partial charge is 0.390 e. The van der Waals surface area contributed by atoms with Crippen LogP contribution in [-0.4, -0.2) is 68.0 Å². The first-order valence-electron chi connectivity index (χ1n) is 11.6. The van der Waals surface area contributed by atoms with Crippen molar-refractivity contribution in [2.24, 2.45) is 0 Å². The summed E-state index contributed by atoms with van der Waals surface area (Å²) in [5.41, 5.74) is 4.86. The van der Waals surface area contributed by atoms with E-state index in [0.29, 0.717) is 13.2 Å². The maximum absolute atomic E-state index is 12.8. The van der Waals surface area contributed by atoms with E-state index >= 15 is 0 Å². The summed E-state index contributed by atoms with van der Waals surface area (Å²) in [5.74, 6) is 0.271. The molecule has 3 nitrogen and oxygen atoms in total. The van der Waals surface area contributed by atoms with Crippen LogP contribution < -0.4 is 0 Å². The molecule has 0 aliphatic carbocycles. The van der Waals surface area contributed by atoms with Gasteiger partial charge in [0.1, 0.15) is 0 Å². The molecule has 32 heavy (non-hydrogen) atoms. The Bertz CT molecular complexity index is 883. The number of ether oxygens (including phenoxy) is 1. The van der Waals surface area contributed by atoms with Crippen molar-refractivity contribution < 1.29 is 17.9 Å². The van der Waals surface area contributed by atoms with Gasteiger partial charge in [0.25, 0.3) is 0 Å². The lowest BCUT2D eigenvalue weighted by atomic mass is 9.74. The Labute approximate surface area is 189 Å². The molecule has 2 aromatic rings. The number of nitrogens with zero attached hydrogens (tertiary/aromatic N) is 2. The fraction of sp³-hybridized carbons (Fsp3) is 0.538. The summed E-state index contributed by atoms with van der Waals surface area (Å²) in [7, 11) is 1.73. The molecule has 0 unspecified atom stereocenters. The Kier molecular flexibility index (Phi) is 7.23. The first-order chi connectivity index (χ1) is 15.4. The molecule has 0 radical (unpaired) electrons. The lowest BCUT2D eigenvalue weighted by Gasteiger charge is -2.57. The summed E-state index contributed by atoms with van der Waals surface area (Å²) in [5, 5.41) is 0. The van der Waals surface area contributed by atoms with Gasteiger partial charge in [0.05, 0.1) is 13.0 Å². The van der Waals surface area contributed by atoms with Gasteiger partial charge in [-0.2, -0.15) is 13.2 Å². The summed E-state index contributed by atoms with van der Waals surface area (Å²) in [6.45, 7) is 5.24. The first-order valence-corrected chi connectivity index (χ1v) is 11.6. The Morgan fingerprint density at radius 2 is 1.75 bits per heavy atom. The maximum Gasteiger partial charge on any atom is 0.390 e. The molecule has 3 atom stereocenters. The van der Waals surface area contributed by atoms with E-state index in [9.17, 15) is 13.2 Å². The van der Waals surface area contributed by atoms with Gasteiger partial charge in [-0.25, -0.2) is 0 Å². The zero-order chi connectivity index (χ0) is 22.7. The van der Waals surface area contributed by atoms with Gasteiger partial charge in [-0.1, -0.05) is 54.1 Å². The molecule has 4 rings (SSSR count). The maximum atomic E-state index is 12.8. The van der Waals surface area contributed by atoms with E-state index in [1.54, 1.807) is 7.11 Å². The van der Waals surface area contributed by atoms with Crippen LogP contribution >= 0.6 is 0 Å². The summed E-state index contributed by atoms with van der Waals surface area (Å²) in [4.78, 5) is 4.48. The number of fused-ring (bicyclic) bond motifs is 1. The molecule has 2 saturated heterocycles. The van der Waals surface area contributed by atoms with Gasteiger partial charge in [0.15, 0.2) is 0 Å². The van der Waals surface area contributed by atoms with Gasteiger partial charge in [-0.15, -0.1) is 0 Å². The highest BCUT2D eigenvalue weighted by Crippen LogP contribution is 2.42. The van der Waals surface area contributed by atoms with Crippen molar-refractivity contribution in [1.29, 1.82) is 0 Å². The van der Waals surface area contributed by atoms with Crippen molar-refractivity contribution in [2.45, 2.75) is 50.4 Å². The molecule has 2 aliphatic heterocycles. The topological polar surface area (TPSA) is 15.7 Å². The van der Waals surface area contributed by atoms with E-state index in [4.69, 9.17) is 4.74 Å². The van der Waals surface area contributed by atoms with Gasteiger partial charge in [0, 0.05) is 38.2 Å². The molecule has 0 spiro atoms. The minimum Gasteiger partial charge on any atom is -0.383 e. The second-order valence-electron chi connectivity index (χ2n) is 9.22. The van der Waals surface area contributed by atoms with E-state index in [-0.39, 0.29) is 24.5 Å². The quantitative estimate of drug-likeness (QED) is 0.583. The van der Waals surface area contributed by atoms with Crippen LogP contribution in [0.15, 0.2) is 48.5 Å². The van der Waals surface area contributed by atoms with Crippen LogP contribution in [0.25, 0.3) is 11.1 Å². The molecule has 0 aromatic heterocycles. The third-order valence-electron chi connectivity index (χ3n) is 6.96. The molecule has 2 heterocycles. The minimum atomic E-state index is -4.11. The van der Waals surface area contributed by atoms with Gasteiger partial charge in [-0.3, -0.25) is 4.90 Å².